The second-order valence-corrected chi connectivity index (χ2v) is 6.07. The molecule has 3 aromatic rings. The van der Waals surface area contributed by atoms with Crippen LogP contribution in [0.2, 0.25) is 0 Å². The smallest absolute Gasteiger partial charge is 0.338 e. The predicted octanol–water partition coefficient (Wildman–Crippen LogP) is 5.17. The minimum atomic E-state index is -0.379. The van der Waals surface area contributed by atoms with Gasteiger partial charge in [0.1, 0.15) is 0 Å². The quantitative estimate of drug-likeness (QED) is 0.513. The van der Waals surface area contributed by atoms with Crippen molar-refractivity contribution in [2.75, 3.05) is 12.4 Å². The molecule has 3 aromatic carbocycles. The van der Waals surface area contributed by atoms with Crippen molar-refractivity contribution in [3.63, 3.8) is 0 Å². The number of rotatable bonds is 5. The number of terminal acetylenes is 1. The highest BCUT2D eigenvalue weighted by molar-refractivity contribution is 5.92. The number of methoxy groups -OCH3 is 1. The molecule has 0 amide bonds. The monoisotopic (exact) mass is 343 g/mol. The Kier molecular flexibility index (Phi) is 5.24. The summed E-state index contributed by atoms with van der Waals surface area (Å²) in [6.45, 7) is 2.06. The fraction of sp³-hybridized carbons (Fsp3) is 0.174. The molecule has 0 saturated carbocycles. The second kappa shape index (κ2) is 7.76. The van der Waals surface area contributed by atoms with Gasteiger partial charge in [-0.15, -0.1) is 6.42 Å². The number of carbonyl (C=O) groups excluding carboxylic acids is 1. The fourth-order valence-electron chi connectivity index (χ4n) is 3.21. The van der Waals surface area contributed by atoms with Gasteiger partial charge in [0.05, 0.1) is 18.7 Å². The van der Waals surface area contributed by atoms with E-state index in [-0.39, 0.29) is 12.0 Å². The van der Waals surface area contributed by atoms with Gasteiger partial charge in [0.25, 0.3) is 0 Å². The van der Waals surface area contributed by atoms with Gasteiger partial charge in [0.2, 0.25) is 0 Å². The maximum Gasteiger partial charge on any atom is 0.338 e. The van der Waals surface area contributed by atoms with Gasteiger partial charge in [-0.1, -0.05) is 49.2 Å². The van der Waals surface area contributed by atoms with Gasteiger partial charge in [0.15, 0.2) is 0 Å². The Morgan fingerprint density at radius 2 is 1.88 bits per heavy atom. The fourth-order valence-corrected chi connectivity index (χ4v) is 3.21. The molecule has 3 rings (SSSR count). The SMILES string of the molecule is C#Cc1cccc(C(=O)OC)c1C(CC)Nc1ccc2ccccc2c1. The Morgan fingerprint density at radius 1 is 1.12 bits per heavy atom. The third-order valence-corrected chi connectivity index (χ3v) is 4.51. The van der Waals surface area contributed by atoms with Crippen LogP contribution in [0.1, 0.15) is 40.9 Å². The maximum atomic E-state index is 12.2. The van der Waals surface area contributed by atoms with E-state index in [1.54, 1.807) is 12.1 Å². The molecule has 0 heterocycles. The third kappa shape index (κ3) is 3.41. The largest absolute Gasteiger partial charge is 0.465 e. The van der Waals surface area contributed by atoms with Crippen molar-refractivity contribution in [2.24, 2.45) is 0 Å². The first kappa shape index (κ1) is 17.6. The summed E-state index contributed by atoms with van der Waals surface area (Å²) >= 11 is 0. The third-order valence-electron chi connectivity index (χ3n) is 4.51. The highest BCUT2D eigenvalue weighted by atomic mass is 16.5. The van der Waals surface area contributed by atoms with E-state index in [2.05, 4.69) is 42.4 Å². The summed E-state index contributed by atoms with van der Waals surface area (Å²) in [4.78, 5) is 12.2. The van der Waals surface area contributed by atoms with Crippen molar-refractivity contribution in [3.8, 4) is 12.3 Å². The minimum Gasteiger partial charge on any atom is -0.465 e. The van der Waals surface area contributed by atoms with E-state index < -0.39 is 0 Å². The molecule has 0 aliphatic heterocycles. The molecular formula is C23H21NO2. The Labute approximate surface area is 154 Å². The number of benzene rings is 3. The molecule has 3 nitrogen and oxygen atoms in total. The van der Waals surface area contributed by atoms with E-state index in [4.69, 9.17) is 11.2 Å². The van der Waals surface area contributed by atoms with Crippen LogP contribution in [0.5, 0.6) is 0 Å². The first-order chi connectivity index (χ1) is 12.7. The zero-order valence-electron chi connectivity index (χ0n) is 15.0. The molecule has 1 unspecified atom stereocenters. The van der Waals surface area contributed by atoms with Crippen LogP contribution in [0, 0.1) is 12.3 Å². The van der Waals surface area contributed by atoms with Crippen LogP contribution in [-0.2, 0) is 4.74 Å². The van der Waals surface area contributed by atoms with Gasteiger partial charge in [-0.05, 0) is 41.5 Å². The van der Waals surface area contributed by atoms with Crippen LogP contribution in [0.25, 0.3) is 10.8 Å². The molecule has 0 radical (unpaired) electrons. The van der Waals surface area contributed by atoms with E-state index in [9.17, 15) is 4.79 Å². The van der Waals surface area contributed by atoms with Crippen molar-refractivity contribution < 1.29 is 9.53 Å². The number of hydrogen-bond donors (Lipinski definition) is 1. The molecule has 130 valence electrons. The molecule has 0 aromatic heterocycles. The van der Waals surface area contributed by atoms with Crippen molar-refractivity contribution >= 4 is 22.4 Å². The van der Waals surface area contributed by atoms with Gasteiger partial charge in [-0.2, -0.15) is 0 Å². The summed E-state index contributed by atoms with van der Waals surface area (Å²) in [5.74, 6) is 2.32. The molecule has 26 heavy (non-hydrogen) atoms. The van der Waals surface area contributed by atoms with Gasteiger partial charge in [0, 0.05) is 16.8 Å². The number of hydrogen-bond acceptors (Lipinski definition) is 3. The molecule has 0 fully saturated rings. The summed E-state index contributed by atoms with van der Waals surface area (Å²) in [7, 11) is 1.38. The molecular weight excluding hydrogens is 322 g/mol. The predicted molar refractivity (Wildman–Crippen MR) is 106 cm³/mol. The Balaban J connectivity index is 2.03. The maximum absolute atomic E-state index is 12.2. The summed E-state index contributed by atoms with van der Waals surface area (Å²) in [5, 5.41) is 5.87. The van der Waals surface area contributed by atoms with E-state index in [1.165, 1.54) is 12.5 Å². The molecule has 0 spiro atoms. The Morgan fingerprint density at radius 3 is 2.58 bits per heavy atom. The Bertz CT molecular complexity index is 985. The summed E-state index contributed by atoms with van der Waals surface area (Å²) in [5.41, 5.74) is 2.99. The second-order valence-electron chi connectivity index (χ2n) is 6.07. The van der Waals surface area contributed by atoms with Gasteiger partial charge in [-0.3, -0.25) is 0 Å². The average molecular weight is 343 g/mol. The number of carbonyl (C=O) groups is 1. The number of fused-ring (bicyclic) bond motifs is 1. The van der Waals surface area contributed by atoms with Crippen LogP contribution in [0.4, 0.5) is 5.69 Å². The molecule has 0 aliphatic rings. The van der Waals surface area contributed by atoms with Crippen LogP contribution in [0.15, 0.2) is 60.7 Å². The minimum absolute atomic E-state index is 0.0995. The van der Waals surface area contributed by atoms with Crippen LogP contribution in [-0.4, -0.2) is 13.1 Å². The Hall–Kier alpha value is -3.25. The lowest BCUT2D eigenvalue weighted by Crippen LogP contribution is -2.17. The number of nitrogens with one attached hydrogen (secondary N) is 1. The highest BCUT2D eigenvalue weighted by Crippen LogP contribution is 2.30. The number of esters is 1. The van der Waals surface area contributed by atoms with Crippen LogP contribution < -0.4 is 5.32 Å². The summed E-state index contributed by atoms with van der Waals surface area (Å²) < 4.78 is 4.94. The molecule has 0 saturated heterocycles. The average Bonchev–Trinajstić information content (AvgIpc) is 2.70. The zero-order valence-corrected chi connectivity index (χ0v) is 15.0. The van der Waals surface area contributed by atoms with E-state index in [1.807, 2.05) is 24.3 Å². The van der Waals surface area contributed by atoms with E-state index in [0.29, 0.717) is 11.1 Å². The van der Waals surface area contributed by atoms with Crippen LogP contribution in [0.3, 0.4) is 0 Å². The lowest BCUT2D eigenvalue weighted by Gasteiger charge is -2.23. The molecule has 0 bridgehead atoms. The molecule has 1 atom stereocenters. The number of anilines is 1. The molecule has 1 N–H and O–H groups in total. The first-order valence-electron chi connectivity index (χ1n) is 8.61. The summed E-state index contributed by atoms with van der Waals surface area (Å²) in [6, 6.07) is 19.7. The van der Waals surface area contributed by atoms with Gasteiger partial charge < -0.3 is 10.1 Å². The lowest BCUT2D eigenvalue weighted by atomic mass is 9.93. The van der Waals surface area contributed by atoms with Gasteiger partial charge in [-0.25, -0.2) is 4.79 Å². The van der Waals surface area contributed by atoms with Crippen LogP contribution >= 0.6 is 0 Å². The standard InChI is InChI=1S/C23H21NO2/c1-4-16-11-8-12-20(23(25)26-3)22(16)21(5-2)24-19-14-13-17-9-6-7-10-18(17)15-19/h1,6-15,21,24H,5H2,2-3H3. The van der Waals surface area contributed by atoms with Crippen molar-refractivity contribution in [2.45, 2.75) is 19.4 Å². The molecule has 3 heteroatoms. The van der Waals surface area contributed by atoms with Gasteiger partial charge >= 0.3 is 5.97 Å². The van der Waals surface area contributed by atoms with Crippen molar-refractivity contribution in [1.82, 2.24) is 0 Å². The first-order valence-corrected chi connectivity index (χ1v) is 8.61. The highest BCUT2D eigenvalue weighted by Gasteiger charge is 2.21. The lowest BCUT2D eigenvalue weighted by molar-refractivity contribution is 0.0599. The zero-order chi connectivity index (χ0) is 18.5. The normalized spacial score (nSPS) is 11.6. The van der Waals surface area contributed by atoms with Crippen molar-refractivity contribution in [3.05, 3.63) is 77.4 Å². The molecule has 0 aliphatic carbocycles. The topological polar surface area (TPSA) is 38.3 Å². The van der Waals surface area contributed by atoms with E-state index in [0.717, 1.165) is 23.1 Å². The van der Waals surface area contributed by atoms with E-state index >= 15 is 0 Å². The summed E-state index contributed by atoms with van der Waals surface area (Å²) in [6.07, 6.45) is 6.46. The van der Waals surface area contributed by atoms with Crippen molar-refractivity contribution in [1.29, 1.82) is 0 Å². The number of ether oxygens (including phenoxy) is 1.